The van der Waals surface area contributed by atoms with E-state index >= 15 is 0 Å². The van der Waals surface area contributed by atoms with Crippen LogP contribution in [0.1, 0.15) is 21.6 Å². The SMILES string of the molecule is COc1ccccc1CCNC(=O)Cc1csc(NC(=O)c2ccc(F)cc2)n1. The number of carbonyl (C=O) groups is 2. The van der Waals surface area contributed by atoms with Crippen molar-refractivity contribution in [3.63, 3.8) is 0 Å². The maximum atomic E-state index is 12.9. The van der Waals surface area contributed by atoms with Crippen molar-refractivity contribution in [2.24, 2.45) is 0 Å². The molecule has 0 radical (unpaired) electrons. The number of methoxy groups -OCH3 is 1. The molecule has 8 heteroatoms. The van der Waals surface area contributed by atoms with E-state index in [0.29, 0.717) is 29.4 Å². The van der Waals surface area contributed by atoms with Crippen LogP contribution >= 0.6 is 11.3 Å². The minimum absolute atomic E-state index is 0.120. The molecular weight excluding hydrogens is 393 g/mol. The zero-order valence-corrected chi connectivity index (χ0v) is 16.6. The molecule has 6 nitrogen and oxygen atoms in total. The van der Waals surface area contributed by atoms with Gasteiger partial charge in [0.2, 0.25) is 5.91 Å². The fourth-order valence-electron chi connectivity index (χ4n) is 2.69. The molecule has 0 saturated heterocycles. The number of aromatic nitrogens is 1. The smallest absolute Gasteiger partial charge is 0.257 e. The number of nitrogens with zero attached hydrogens (tertiary/aromatic N) is 1. The second kappa shape index (κ2) is 9.79. The van der Waals surface area contributed by atoms with Crippen LogP contribution in [0, 0.1) is 5.82 Å². The van der Waals surface area contributed by atoms with Crippen LogP contribution in [-0.2, 0) is 17.6 Å². The number of amides is 2. The third kappa shape index (κ3) is 5.86. The molecule has 0 aliphatic carbocycles. The molecule has 0 fully saturated rings. The molecule has 2 aromatic carbocycles. The van der Waals surface area contributed by atoms with E-state index in [1.54, 1.807) is 12.5 Å². The summed E-state index contributed by atoms with van der Waals surface area (Å²) in [6.45, 7) is 0.484. The summed E-state index contributed by atoms with van der Waals surface area (Å²) in [7, 11) is 1.62. The van der Waals surface area contributed by atoms with E-state index < -0.39 is 5.82 Å². The predicted molar refractivity (Wildman–Crippen MR) is 110 cm³/mol. The van der Waals surface area contributed by atoms with Gasteiger partial charge >= 0.3 is 0 Å². The van der Waals surface area contributed by atoms with E-state index in [1.165, 1.54) is 35.6 Å². The molecular formula is C21H20FN3O3S. The Balaban J connectivity index is 1.47. The molecule has 2 amide bonds. The third-order valence-corrected chi connectivity index (χ3v) is 4.94. The van der Waals surface area contributed by atoms with E-state index in [4.69, 9.17) is 4.74 Å². The lowest BCUT2D eigenvalue weighted by Gasteiger charge is -2.08. The Hall–Kier alpha value is -3.26. The van der Waals surface area contributed by atoms with E-state index in [1.807, 2.05) is 24.3 Å². The fourth-order valence-corrected chi connectivity index (χ4v) is 3.39. The van der Waals surface area contributed by atoms with Crippen LogP contribution in [0.15, 0.2) is 53.9 Å². The average Bonchev–Trinajstić information content (AvgIpc) is 3.15. The minimum Gasteiger partial charge on any atom is -0.496 e. The van der Waals surface area contributed by atoms with Crippen LogP contribution in [0.25, 0.3) is 0 Å². The molecule has 150 valence electrons. The molecule has 1 aromatic heterocycles. The van der Waals surface area contributed by atoms with Gasteiger partial charge in [-0.05, 0) is 42.3 Å². The van der Waals surface area contributed by atoms with Crippen LogP contribution in [-0.4, -0.2) is 30.5 Å². The monoisotopic (exact) mass is 413 g/mol. The van der Waals surface area contributed by atoms with Gasteiger partial charge in [0.1, 0.15) is 11.6 Å². The molecule has 0 unspecified atom stereocenters. The molecule has 1 heterocycles. The second-order valence-electron chi connectivity index (χ2n) is 6.19. The number of carbonyl (C=O) groups excluding carboxylic acids is 2. The van der Waals surface area contributed by atoms with Crippen LogP contribution in [0.2, 0.25) is 0 Å². The summed E-state index contributed by atoms with van der Waals surface area (Å²) < 4.78 is 18.2. The van der Waals surface area contributed by atoms with Gasteiger partial charge in [-0.3, -0.25) is 14.9 Å². The van der Waals surface area contributed by atoms with Crippen molar-refractivity contribution >= 4 is 28.3 Å². The first-order valence-corrected chi connectivity index (χ1v) is 9.83. The highest BCUT2D eigenvalue weighted by atomic mass is 32.1. The summed E-state index contributed by atoms with van der Waals surface area (Å²) in [5.74, 6) is -0.147. The van der Waals surface area contributed by atoms with Crippen molar-refractivity contribution in [2.45, 2.75) is 12.8 Å². The molecule has 29 heavy (non-hydrogen) atoms. The van der Waals surface area contributed by atoms with Crippen molar-refractivity contribution in [2.75, 3.05) is 19.0 Å². The number of hydrogen-bond acceptors (Lipinski definition) is 5. The van der Waals surface area contributed by atoms with Crippen molar-refractivity contribution in [1.82, 2.24) is 10.3 Å². The highest BCUT2D eigenvalue weighted by molar-refractivity contribution is 7.14. The lowest BCUT2D eigenvalue weighted by atomic mass is 10.1. The number of anilines is 1. The van der Waals surface area contributed by atoms with Gasteiger partial charge in [0, 0.05) is 17.5 Å². The van der Waals surface area contributed by atoms with Crippen molar-refractivity contribution in [3.8, 4) is 5.75 Å². The van der Waals surface area contributed by atoms with Crippen LogP contribution in [0.3, 0.4) is 0 Å². The average molecular weight is 413 g/mol. The zero-order valence-electron chi connectivity index (χ0n) is 15.8. The number of para-hydroxylation sites is 1. The first-order chi connectivity index (χ1) is 14.0. The number of ether oxygens (including phenoxy) is 1. The zero-order chi connectivity index (χ0) is 20.6. The van der Waals surface area contributed by atoms with Gasteiger partial charge in [-0.1, -0.05) is 18.2 Å². The summed E-state index contributed by atoms with van der Waals surface area (Å²) in [5, 5.41) is 7.62. The summed E-state index contributed by atoms with van der Waals surface area (Å²) in [6.07, 6.45) is 0.778. The van der Waals surface area contributed by atoms with Gasteiger partial charge in [0.15, 0.2) is 5.13 Å². The highest BCUT2D eigenvalue weighted by Gasteiger charge is 2.11. The number of halogens is 1. The lowest BCUT2D eigenvalue weighted by molar-refractivity contribution is -0.120. The first-order valence-electron chi connectivity index (χ1n) is 8.95. The van der Waals surface area contributed by atoms with Gasteiger partial charge in [0.05, 0.1) is 19.2 Å². The summed E-state index contributed by atoms with van der Waals surface area (Å²) >= 11 is 1.23. The second-order valence-corrected chi connectivity index (χ2v) is 7.05. The summed E-state index contributed by atoms with van der Waals surface area (Å²) in [4.78, 5) is 28.5. The summed E-state index contributed by atoms with van der Waals surface area (Å²) in [6, 6.07) is 12.9. The molecule has 0 saturated carbocycles. The van der Waals surface area contributed by atoms with Crippen molar-refractivity contribution in [1.29, 1.82) is 0 Å². The number of thiazole rings is 1. The number of benzene rings is 2. The van der Waals surface area contributed by atoms with Crippen LogP contribution in [0.5, 0.6) is 5.75 Å². The standard InChI is InChI=1S/C21H20FN3O3S/c1-28-18-5-3-2-4-14(18)10-11-23-19(26)12-17-13-29-21(24-17)25-20(27)15-6-8-16(22)9-7-15/h2-9,13H,10-12H2,1H3,(H,23,26)(H,24,25,27). The lowest BCUT2D eigenvalue weighted by Crippen LogP contribution is -2.27. The fraction of sp³-hybridized carbons (Fsp3) is 0.190. The molecule has 0 atom stereocenters. The minimum atomic E-state index is -0.408. The van der Waals surface area contributed by atoms with Crippen LogP contribution < -0.4 is 15.4 Å². The van der Waals surface area contributed by atoms with E-state index in [2.05, 4.69) is 15.6 Å². The first kappa shape index (κ1) is 20.5. The summed E-state index contributed by atoms with van der Waals surface area (Å²) in [5.41, 5.74) is 1.92. The molecule has 0 aliphatic heterocycles. The Morgan fingerprint density at radius 3 is 2.66 bits per heavy atom. The number of nitrogens with one attached hydrogen (secondary N) is 2. The molecule has 0 bridgehead atoms. The van der Waals surface area contributed by atoms with Crippen LogP contribution in [0.4, 0.5) is 9.52 Å². The van der Waals surface area contributed by atoms with Crippen molar-refractivity contribution < 1.29 is 18.7 Å². The quantitative estimate of drug-likeness (QED) is 0.593. The largest absolute Gasteiger partial charge is 0.496 e. The Morgan fingerprint density at radius 1 is 1.14 bits per heavy atom. The topological polar surface area (TPSA) is 80.3 Å². The maximum absolute atomic E-state index is 12.9. The highest BCUT2D eigenvalue weighted by Crippen LogP contribution is 2.18. The Bertz CT molecular complexity index is 989. The molecule has 0 aliphatic rings. The van der Waals surface area contributed by atoms with Gasteiger partial charge < -0.3 is 10.1 Å². The van der Waals surface area contributed by atoms with Gasteiger partial charge in [0.25, 0.3) is 5.91 Å². The maximum Gasteiger partial charge on any atom is 0.257 e. The van der Waals surface area contributed by atoms with Gasteiger partial charge in [-0.25, -0.2) is 9.37 Å². The van der Waals surface area contributed by atoms with Gasteiger partial charge in [-0.2, -0.15) is 0 Å². The normalized spacial score (nSPS) is 10.4. The van der Waals surface area contributed by atoms with Gasteiger partial charge in [-0.15, -0.1) is 11.3 Å². The third-order valence-electron chi connectivity index (χ3n) is 4.13. The molecule has 3 rings (SSSR count). The molecule has 2 N–H and O–H groups in total. The number of rotatable bonds is 8. The Morgan fingerprint density at radius 2 is 1.90 bits per heavy atom. The van der Waals surface area contributed by atoms with E-state index in [0.717, 1.165) is 11.3 Å². The Kier molecular flexibility index (Phi) is 6.91. The predicted octanol–water partition coefficient (Wildman–Crippen LogP) is 3.44. The Labute approximate surface area is 171 Å². The number of hydrogen-bond donors (Lipinski definition) is 2. The van der Waals surface area contributed by atoms with E-state index in [9.17, 15) is 14.0 Å². The van der Waals surface area contributed by atoms with E-state index in [-0.39, 0.29) is 18.2 Å². The van der Waals surface area contributed by atoms with Crippen molar-refractivity contribution in [3.05, 3.63) is 76.5 Å². The molecule has 0 spiro atoms. The molecule has 3 aromatic rings.